The molecule has 1 aliphatic heterocycles. The number of aliphatic carboxylic acids is 1. The van der Waals surface area contributed by atoms with Gasteiger partial charge in [-0.3, -0.25) is 24.1 Å². The number of hydrogen-bond acceptors (Lipinski definition) is 6. The van der Waals surface area contributed by atoms with Crippen LogP contribution in [-0.2, 0) is 9.59 Å². The summed E-state index contributed by atoms with van der Waals surface area (Å²) in [7, 11) is 1.95. The normalized spacial score (nSPS) is 18.7. The van der Waals surface area contributed by atoms with Gasteiger partial charge in [0.25, 0.3) is 11.8 Å². The van der Waals surface area contributed by atoms with E-state index >= 15 is 0 Å². The largest absolute Gasteiger partial charge is 0.480 e. The number of hydrogen-bond donors (Lipinski definition) is 5. The van der Waals surface area contributed by atoms with E-state index in [0.717, 1.165) is 6.42 Å². The monoisotopic (exact) mass is 488 g/mol. The predicted molar refractivity (Wildman–Crippen MR) is 134 cm³/mol. The molecule has 35 heavy (non-hydrogen) atoms. The number of aliphatic hydroxyl groups is 1. The Morgan fingerprint density at radius 1 is 1.00 bits per heavy atom. The Balaban J connectivity index is 2.07. The lowest BCUT2D eigenvalue weighted by atomic mass is 9.86. The van der Waals surface area contributed by atoms with Crippen LogP contribution in [0.3, 0.4) is 0 Å². The molecular weight excluding hydrogens is 451 g/mol. The molecule has 2 rings (SSSR count). The highest BCUT2D eigenvalue weighted by atomic mass is 16.4. The molecule has 0 aliphatic carbocycles. The van der Waals surface area contributed by atoms with Crippen molar-refractivity contribution in [3.63, 3.8) is 0 Å². The van der Waals surface area contributed by atoms with Crippen LogP contribution < -0.4 is 16.0 Å². The SMILES string of the molecule is BC(NC(=O)[C@@H]1CCCN1C(O)[C@@H](NC(=O)c1ccc(C(=O)NCC(=O)O)cc1)C(C)C)C(C)C. The maximum absolute atomic E-state index is 12.9. The molecule has 1 heterocycles. The molecule has 4 atom stereocenters. The van der Waals surface area contributed by atoms with Gasteiger partial charge in [0.05, 0.1) is 12.1 Å². The summed E-state index contributed by atoms with van der Waals surface area (Å²) < 4.78 is 0. The smallest absolute Gasteiger partial charge is 0.322 e. The summed E-state index contributed by atoms with van der Waals surface area (Å²) in [6.07, 6.45) is 0.361. The molecule has 192 valence electrons. The van der Waals surface area contributed by atoms with Crippen LogP contribution >= 0.6 is 0 Å². The number of likely N-dealkylation sites (tertiary alicyclic amines) is 1. The van der Waals surface area contributed by atoms with E-state index in [9.17, 15) is 24.3 Å². The Bertz CT molecular complexity index is 908. The molecule has 0 radical (unpaired) electrons. The summed E-state index contributed by atoms with van der Waals surface area (Å²) in [6, 6.07) is 4.71. The molecule has 3 amide bonds. The Morgan fingerprint density at radius 2 is 1.57 bits per heavy atom. The van der Waals surface area contributed by atoms with Crippen LogP contribution in [0, 0.1) is 11.8 Å². The van der Waals surface area contributed by atoms with Crippen molar-refractivity contribution < 1.29 is 29.4 Å². The van der Waals surface area contributed by atoms with E-state index in [2.05, 4.69) is 16.0 Å². The maximum Gasteiger partial charge on any atom is 0.322 e. The molecule has 11 heteroatoms. The molecule has 2 unspecified atom stereocenters. The minimum atomic E-state index is -1.15. The lowest BCUT2D eigenvalue weighted by Crippen LogP contribution is -2.58. The molecule has 0 saturated carbocycles. The Morgan fingerprint density at radius 3 is 2.09 bits per heavy atom. The second kappa shape index (κ2) is 12.7. The van der Waals surface area contributed by atoms with Crippen LogP contribution in [0.2, 0.25) is 0 Å². The van der Waals surface area contributed by atoms with Gasteiger partial charge in [0.1, 0.15) is 20.6 Å². The summed E-state index contributed by atoms with van der Waals surface area (Å²) in [6.45, 7) is 7.89. The zero-order valence-corrected chi connectivity index (χ0v) is 21.1. The number of aliphatic hydroxyl groups excluding tert-OH is 1. The van der Waals surface area contributed by atoms with Gasteiger partial charge in [-0.15, -0.1) is 0 Å². The summed E-state index contributed by atoms with van der Waals surface area (Å²) >= 11 is 0. The molecule has 1 fully saturated rings. The van der Waals surface area contributed by atoms with Gasteiger partial charge in [0.2, 0.25) is 5.91 Å². The minimum Gasteiger partial charge on any atom is -0.480 e. The third-order valence-corrected chi connectivity index (χ3v) is 6.45. The molecule has 1 aromatic rings. The van der Waals surface area contributed by atoms with Crippen LogP contribution in [0.4, 0.5) is 0 Å². The first-order valence-electron chi connectivity index (χ1n) is 12.1. The highest BCUT2D eigenvalue weighted by molar-refractivity contribution is 6.13. The number of carbonyl (C=O) groups excluding carboxylic acids is 3. The van der Waals surface area contributed by atoms with Crippen LogP contribution in [0.25, 0.3) is 0 Å². The zero-order chi connectivity index (χ0) is 26.3. The fourth-order valence-electron chi connectivity index (χ4n) is 3.93. The summed E-state index contributed by atoms with van der Waals surface area (Å²) in [5.74, 6) is -2.07. The van der Waals surface area contributed by atoms with Crippen molar-refractivity contribution in [3.8, 4) is 0 Å². The van der Waals surface area contributed by atoms with Gasteiger partial charge in [0, 0.05) is 17.7 Å². The first kappa shape index (κ1) is 28.3. The topological polar surface area (TPSA) is 148 Å². The maximum atomic E-state index is 12.9. The van der Waals surface area contributed by atoms with Gasteiger partial charge in [-0.1, -0.05) is 27.7 Å². The lowest BCUT2D eigenvalue weighted by molar-refractivity contribution is -0.135. The van der Waals surface area contributed by atoms with Crippen molar-refractivity contribution in [1.82, 2.24) is 20.9 Å². The van der Waals surface area contributed by atoms with Crippen LogP contribution in [-0.4, -0.2) is 84.0 Å². The van der Waals surface area contributed by atoms with Crippen LogP contribution in [0.5, 0.6) is 0 Å². The Kier molecular flexibility index (Phi) is 10.3. The molecular formula is C24H37BN4O6. The first-order valence-corrected chi connectivity index (χ1v) is 12.1. The van der Waals surface area contributed by atoms with E-state index in [4.69, 9.17) is 5.11 Å². The molecule has 1 aromatic carbocycles. The summed E-state index contributed by atoms with van der Waals surface area (Å²) in [5, 5.41) is 28.0. The number of nitrogens with zero attached hydrogens (tertiary/aromatic N) is 1. The fraction of sp³-hybridized carbons (Fsp3) is 0.583. The predicted octanol–water partition coefficient (Wildman–Crippen LogP) is -0.230. The average molecular weight is 488 g/mol. The zero-order valence-electron chi connectivity index (χ0n) is 21.1. The molecule has 0 bridgehead atoms. The summed E-state index contributed by atoms with van der Waals surface area (Å²) in [4.78, 5) is 50.1. The number of benzene rings is 1. The van der Waals surface area contributed by atoms with Crippen LogP contribution in [0.1, 0.15) is 61.3 Å². The number of rotatable bonds is 11. The molecule has 0 spiro atoms. The van der Waals surface area contributed by atoms with Crippen molar-refractivity contribution in [2.24, 2.45) is 11.8 Å². The van der Waals surface area contributed by atoms with E-state index in [0.29, 0.717) is 18.5 Å². The van der Waals surface area contributed by atoms with E-state index < -0.39 is 42.6 Å². The van der Waals surface area contributed by atoms with E-state index in [-0.39, 0.29) is 29.2 Å². The molecule has 0 aromatic heterocycles. The lowest BCUT2D eigenvalue weighted by Gasteiger charge is -2.36. The van der Waals surface area contributed by atoms with E-state index in [1.165, 1.54) is 24.3 Å². The Hall–Kier alpha value is -2.92. The summed E-state index contributed by atoms with van der Waals surface area (Å²) in [5.41, 5.74) is 0.517. The van der Waals surface area contributed by atoms with E-state index in [1.54, 1.807) is 4.90 Å². The van der Waals surface area contributed by atoms with Crippen molar-refractivity contribution in [2.45, 2.75) is 64.8 Å². The second-order valence-corrected chi connectivity index (χ2v) is 9.75. The van der Waals surface area contributed by atoms with Gasteiger partial charge in [0.15, 0.2) is 0 Å². The second-order valence-electron chi connectivity index (χ2n) is 9.75. The standard InChI is InChI=1S/C24H37BN4O6/c1-13(2)19(24(35)29-11-5-6-17(29)23(34)28-20(25)14(3)4)27-22(33)16-9-7-15(8-10-16)21(32)26-12-18(30)31/h7-10,13-14,17,19-20,24,35H,5-6,11-12,25H2,1-4H3,(H,26,32)(H,27,33)(H,28,34)(H,30,31)/t17-,19-,20?,24?/m0/s1. The third-order valence-electron chi connectivity index (χ3n) is 6.45. The fourth-order valence-corrected chi connectivity index (χ4v) is 3.93. The number of carboxylic acid groups (broad SMARTS) is 1. The van der Waals surface area contributed by atoms with E-state index in [1.807, 2.05) is 35.5 Å². The Labute approximate surface area is 207 Å². The highest BCUT2D eigenvalue weighted by Gasteiger charge is 2.39. The molecule has 10 nitrogen and oxygen atoms in total. The number of carboxylic acids is 1. The molecule has 1 saturated heterocycles. The van der Waals surface area contributed by atoms with Crippen molar-refractivity contribution in [1.29, 1.82) is 0 Å². The van der Waals surface area contributed by atoms with Gasteiger partial charge >= 0.3 is 5.97 Å². The van der Waals surface area contributed by atoms with Gasteiger partial charge in [-0.05, 0) is 54.9 Å². The number of amides is 3. The quantitative estimate of drug-likeness (QED) is 0.270. The van der Waals surface area contributed by atoms with Gasteiger partial charge in [-0.2, -0.15) is 0 Å². The van der Waals surface area contributed by atoms with Crippen molar-refractivity contribution in [2.75, 3.05) is 13.1 Å². The molecule has 5 N–H and O–H groups in total. The van der Waals surface area contributed by atoms with Crippen molar-refractivity contribution >= 4 is 31.5 Å². The van der Waals surface area contributed by atoms with Crippen molar-refractivity contribution in [3.05, 3.63) is 35.4 Å². The van der Waals surface area contributed by atoms with Gasteiger partial charge < -0.3 is 26.2 Å². The number of carbonyl (C=O) groups is 4. The number of nitrogens with one attached hydrogen (secondary N) is 3. The average Bonchev–Trinajstić information content (AvgIpc) is 3.30. The van der Waals surface area contributed by atoms with Gasteiger partial charge in [-0.25, -0.2) is 0 Å². The van der Waals surface area contributed by atoms with Crippen LogP contribution in [0.15, 0.2) is 24.3 Å². The highest BCUT2D eigenvalue weighted by Crippen LogP contribution is 2.24. The molecule has 1 aliphatic rings. The first-order chi connectivity index (χ1) is 16.4. The third kappa shape index (κ3) is 7.79. The minimum absolute atomic E-state index is 0.0110.